The fourth-order valence-electron chi connectivity index (χ4n) is 1.40. The van der Waals surface area contributed by atoms with Crippen molar-refractivity contribution in [3.05, 3.63) is 58.3 Å². The van der Waals surface area contributed by atoms with E-state index in [9.17, 15) is 4.39 Å². The van der Waals surface area contributed by atoms with Gasteiger partial charge in [-0.05, 0) is 42.0 Å². The summed E-state index contributed by atoms with van der Waals surface area (Å²) < 4.78 is 19.7. The molecule has 0 aliphatic carbocycles. The number of alkyl halides is 1. The molecule has 0 fully saturated rings. The van der Waals surface area contributed by atoms with Crippen LogP contribution < -0.4 is 4.74 Å². The van der Waals surface area contributed by atoms with Gasteiger partial charge in [0.15, 0.2) is 0 Å². The van der Waals surface area contributed by atoms with E-state index in [0.717, 1.165) is 4.47 Å². The van der Waals surface area contributed by atoms with E-state index in [0.29, 0.717) is 17.1 Å². The highest BCUT2D eigenvalue weighted by atomic mass is 79.9. The van der Waals surface area contributed by atoms with Crippen LogP contribution in [-0.4, -0.2) is 0 Å². The monoisotopic (exact) mass is 314 g/mol. The maximum absolute atomic E-state index is 13.2. The van der Waals surface area contributed by atoms with Gasteiger partial charge in [0.2, 0.25) is 0 Å². The molecule has 0 atom stereocenters. The molecular formula is C13H9BrClFO. The van der Waals surface area contributed by atoms with Crippen LogP contribution in [0.25, 0.3) is 0 Å². The van der Waals surface area contributed by atoms with E-state index in [1.807, 2.05) is 12.1 Å². The molecule has 88 valence electrons. The Morgan fingerprint density at radius 1 is 1.06 bits per heavy atom. The Kier molecular flexibility index (Phi) is 4.02. The molecule has 17 heavy (non-hydrogen) atoms. The lowest BCUT2D eigenvalue weighted by Crippen LogP contribution is -1.88. The number of rotatable bonds is 3. The molecule has 0 amide bonds. The largest absolute Gasteiger partial charge is 0.457 e. The number of benzene rings is 2. The van der Waals surface area contributed by atoms with E-state index in [2.05, 4.69) is 15.9 Å². The highest BCUT2D eigenvalue weighted by Gasteiger charge is 2.02. The van der Waals surface area contributed by atoms with Crippen molar-refractivity contribution in [2.24, 2.45) is 0 Å². The maximum atomic E-state index is 13.2. The summed E-state index contributed by atoms with van der Waals surface area (Å²) in [5, 5.41) is 0. The molecule has 0 radical (unpaired) electrons. The van der Waals surface area contributed by atoms with Crippen LogP contribution in [0.15, 0.2) is 46.9 Å². The van der Waals surface area contributed by atoms with Crippen LogP contribution in [0.2, 0.25) is 0 Å². The first-order valence-corrected chi connectivity index (χ1v) is 6.29. The first kappa shape index (κ1) is 12.4. The Labute approximate surface area is 112 Å². The zero-order valence-electron chi connectivity index (χ0n) is 8.79. The van der Waals surface area contributed by atoms with Gasteiger partial charge in [-0.2, -0.15) is 0 Å². The zero-order chi connectivity index (χ0) is 12.3. The van der Waals surface area contributed by atoms with Crippen LogP contribution in [-0.2, 0) is 5.88 Å². The summed E-state index contributed by atoms with van der Waals surface area (Å²) in [7, 11) is 0. The molecule has 0 saturated heterocycles. The minimum Gasteiger partial charge on any atom is -0.457 e. The van der Waals surface area contributed by atoms with Crippen molar-refractivity contribution in [3.63, 3.8) is 0 Å². The molecule has 0 unspecified atom stereocenters. The van der Waals surface area contributed by atoms with Gasteiger partial charge in [0.1, 0.15) is 17.3 Å². The topological polar surface area (TPSA) is 9.23 Å². The van der Waals surface area contributed by atoms with Crippen molar-refractivity contribution in [2.75, 3.05) is 0 Å². The van der Waals surface area contributed by atoms with Gasteiger partial charge in [0, 0.05) is 16.4 Å². The van der Waals surface area contributed by atoms with E-state index in [1.54, 1.807) is 18.2 Å². The van der Waals surface area contributed by atoms with E-state index < -0.39 is 0 Å². The summed E-state index contributed by atoms with van der Waals surface area (Å²) in [6, 6.07) is 11.8. The van der Waals surface area contributed by atoms with Crippen LogP contribution in [0.1, 0.15) is 5.56 Å². The van der Waals surface area contributed by atoms with Crippen molar-refractivity contribution in [2.45, 2.75) is 5.88 Å². The molecule has 4 heteroatoms. The van der Waals surface area contributed by atoms with Crippen LogP contribution >= 0.6 is 27.5 Å². The molecule has 0 aromatic heterocycles. The van der Waals surface area contributed by atoms with Gasteiger partial charge in [-0.15, -0.1) is 11.6 Å². The van der Waals surface area contributed by atoms with Gasteiger partial charge >= 0.3 is 0 Å². The maximum Gasteiger partial charge on any atom is 0.130 e. The van der Waals surface area contributed by atoms with E-state index in [4.69, 9.17) is 16.3 Å². The number of ether oxygens (including phenoxy) is 1. The minimum atomic E-state index is -0.352. The summed E-state index contributed by atoms with van der Waals surface area (Å²) in [6.45, 7) is 0. The Balaban J connectivity index is 2.23. The number of hydrogen-bond donors (Lipinski definition) is 0. The minimum absolute atomic E-state index is 0.258. The quantitative estimate of drug-likeness (QED) is 0.714. The van der Waals surface area contributed by atoms with Crippen molar-refractivity contribution in [3.8, 4) is 11.5 Å². The predicted octanol–water partition coefficient (Wildman–Crippen LogP) is 5.12. The van der Waals surface area contributed by atoms with Gasteiger partial charge < -0.3 is 4.74 Å². The fraction of sp³-hybridized carbons (Fsp3) is 0.0769. The van der Waals surface area contributed by atoms with Gasteiger partial charge in [0.25, 0.3) is 0 Å². The van der Waals surface area contributed by atoms with E-state index in [1.165, 1.54) is 12.1 Å². The molecule has 0 saturated carbocycles. The van der Waals surface area contributed by atoms with Gasteiger partial charge in [-0.25, -0.2) is 4.39 Å². The lowest BCUT2D eigenvalue weighted by molar-refractivity contribution is 0.476. The standard InChI is InChI=1S/C13H9BrClFO/c14-10-1-3-12(4-2-10)17-13-6-9(8-15)5-11(16)7-13/h1-7H,8H2. The molecule has 2 aromatic carbocycles. The molecule has 2 aromatic rings. The second-order valence-electron chi connectivity index (χ2n) is 3.48. The van der Waals surface area contributed by atoms with E-state index in [-0.39, 0.29) is 11.7 Å². The molecule has 0 aliphatic rings. The molecular weight excluding hydrogens is 306 g/mol. The first-order chi connectivity index (χ1) is 8.17. The lowest BCUT2D eigenvalue weighted by atomic mass is 10.2. The van der Waals surface area contributed by atoms with Crippen molar-refractivity contribution < 1.29 is 9.13 Å². The normalized spacial score (nSPS) is 10.3. The third-order valence-corrected chi connectivity index (χ3v) is 2.97. The van der Waals surface area contributed by atoms with Gasteiger partial charge in [-0.1, -0.05) is 15.9 Å². The molecule has 0 aliphatic heterocycles. The Morgan fingerprint density at radius 3 is 2.41 bits per heavy atom. The summed E-state index contributed by atoms with van der Waals surface area (Å²) in [5.74, 6) is 1.01. The third-order valence-electron chi connectivity index (χ3n) is 2.13. The average Bonchev–Trinajstić information content (AvgIpc) is 2.31. The molecule has 1 nitrogen and oxygen atoms in total. The van der Waals surface area contributed by atoms with Crippen molar-refractivity contribution in [1.82, 2.24) is 0 Å². The molecule has 0 bridgehead atoms. The molecule has 0 N–H and O–H groups in total. The summed E-state index contributed by atoms with van der Waals surface area (Å²) in [6.07, 6.45) is 0. The second kappa shape index (κ2) is 5.52. The summed E-state index contributed by atoms with van der Waals surface area (Å²) >= 11 is 9.00. The summed E-state index contributed by atoms with van der Waals surface area (Å²) in [4.78, 5) is 0. The Hall–Kier alpha value is -1.06. The highest BCUT2D eigenvalue weighted by molar-refractivity contribution is 9.10. The smallest absolute Gasteiger partial charge is 0.130 e. The second-order valence-corrected chi connectivity index (χ2v) is 4.67. The van der Waals surface area contributed by atoms with Crippen LogP contribution in [0.4, 0.5) is 4.39 Å². The van der Waals surface area contributed by atoms with Crippen LogP contribution in [0.5, 0.6) is 11.5 Å². The van der Waals surface area contributed by atoms with Crippen molar-refractivity contribution >= 4 is 27.5 Å². The molecule has 2 rings (SSSR count). The van der Waals surface area contributed by atoms with Crippen LogP contribution in [0, 0.1) is 5.82 Å². The van der Waals surface area contributed by atoms with Crippen molar-refractivity contribution in [1.29, 1.82) is 0 Å². The van der Waals surface area contributed by atoms with Gasteiger partial charge in [0.05, 0.1) is 0 Å². The fourth-order valence-corrected chi connectivity index (χ4v) is 1.81. The average molecular weight is 316 g/mol. The first-order valence-electron chi connectivity index (χ1n) is 4.96. The number of halogens is 3. The zero-order valence-corrected chi connectivity index (χ0v) is 11.1. The SMILES string of the molecule is Fc1cc(CCl)cc(Oc2ccc(Br)cc2)c1. The summed E-state index contributed by atoms with van der Waals surface area (Å²) in [5.41, 5.74) is 0.693. The van der Waals surface area contributed by atoms with Gasteiger partial charge in [-0.3, -0.25) is 0 Å². The third kappa shape index (κ3) is 3.45. The molecule has 0 spiro atoms. The predicted molar refractivity (Wildman–Crippen MR) is 70.2 cm³/mol. The van der Waals surface area contributed by atoms with E-state index >= 15 is 0 Å². The number of hydrogen-bond acceptors (Lipinski definition) is 1. The Morgan fingerprint density at radius 2 is 1.76 bits per heavy atom. The molecule has 0 heterocycles. The Bertz CT molecular complexity index is 513. The highest BCUT2D eigenvalue weighted by Crippen LogP contribution is 2.25. The van der Waals surface area contributed by atoms with Crippen LogP contribution in [0.3, 0.4) is 0 Å². The lowest BCUT2D eigenvalue weighted by Gasteiger charge is -2.07.